The SMILES string of the molecule is [N-]=[N+]=Nc1ccc(OC(=O)CCCO[N+](=O)[O-])c(C(=O)Oc2ccc(P(=S)([S-])N3CCOCC3)cc2)c1. The third-order valence-corrected chi connectivity index (χ3v) is 9.77. The van der Waals surface area contributed by atoms with Crippen LogP contribution in [-0.4, -0.2) is 54.6 Å². The predicted molar refractivity (Wildman–Crippen MR) is 138 cm³/mol. The fourth-order valence-electron chi connectivity index (χ4n) is 3.25. The lowest BCUT2D eigenvalue weighted by molar-refractivity contribution is -0.757. The first-order valence-electron chi connectivity index (χ1n) is 10.8. The quantitative estimate of drug-likeness (QED) is 0.0373. The number of rotatable bonds is 11. The number of ether oxygens (including phenoxy) is 3. The highest BCUT2D eigenvalue weighted by Crippen LogP contribution is 2.46. The molecule has 2 aromatic carbocycles. The van der Waals surface area contributed by atoms with E-state index in [-0.39, 0.29) is 42.2 Å². The van der Waals surface area contributed by atoms with E-state index >= 15 is 0 Å². The summed E-state index contributed by atoms with van der Waals surface area (Å²) < 4.78 is 18.1. The largest absolute Gasteiger partial charge is 0.727 e. The Morgan fingerprint density at radius 3 is 2.57 bits per heavy atom. The van der Waals surface area contributed by atoms with Crippen LogP contribution >= 0.6 is 5.39 Å². The second-order valence-electron chi connectivity index (χ2n) is 7.47. The minimum absolute atomic E-state index is 0.0308. The molecule has 1 fully saturated rings. The van der Waals surface area contributed by atoms with Crippen LogP contribution in [0.2, 0.25) is 0 Å². The molecule has 3 rings (SSSR count). The molecule has 1 aliphatic heterocycles. The number of hydrogen-bond donors (Lipinski definition) is 0. The van der Waals surface area contributed by atoms with Crippen molar-refractivity contribution >= 4 is 52.4 Å². The monoisotopic (exact) mass is 566 g/mol. The normalized spacial score (nSPS) is 15.1. The van der Waals surface area contributed by atoms with Crippen LogP contribution in [0.1, 0.15) is 23.2 Å². The van der Waals surface area contributed by atoms with E-state index in [1.807, 2.05) is 0 Å². The van der Waals surface area contributed by atoms with Gasteiger partial charge in [-0.25, -0.2) is 4.79 Å². The Morgan fingerprint density at radius 1 is 1.22 bits per heavy atom. The number of esters is 2. The molecule has 1 heterocycles. The van der Waals surface area contributed by atoms with Gasteiger partial charge in [-0.2, -0.15) is 0 Å². The Labute approximate surface area is 221 Å². The van der Waals surface area contributed by atoms with Gasteiger partial charge in [0.05, 0.1) is 19.8 Å². The van der Waals surface area contributed by atoms with Gasteiger partial charge in [-0.3, -0.25) is 9.46 Å². The summed E-state index contributed by atoms with van der Waals surface area (Å²) in [7, 11) is 0. The average Bonchev–Trinajstić information content (AvgIpc) is 2.88. The molecule has 1 saturated heterocycles. The summed E-state index contributed by atoms with van der Waals surface area (Å²) >= 11 is 11.5. The van der Waals surface area contributed by atoms with Gasteiger partial charge in [-0.1, -0.05) is 22.6 Å². The topological polar surface area (TPSA) is 166 Å². The number of benzene rings is 2. The van der Waals surface area contributed by atoms with Crippen molar-refractivity contribution in [1.29, 1.82) is 0 Å². The minimum atomic E-state index is -2.41. The smallest absolute Gasteiger partial charge is 0.347 e. The van der Waals surface area contributed by atoms with E-state index in [0.29, 0.717) is 26.3 Å². The van der Waals surface area contributed by atoms with Crippen LogP contribution in [0.3, 0.4) is 0 Å². The highest BCUT2D eigenvalue weighted by Gasteiger charge is 2.21. The summed E-state index contributed by atoms with van der Waals surface area (Å²) in [6, 6.07) is 10.4. The molecule has 0 aromatic heterocycles. The molecular weight excluding hydrogens is 545 g/mol. The highest BCUT2D eigenvalue weighted by atomic mass is 32.9. The van der Waals surface area contributed by atoms with Gasteiger partial charge in [0.2, 0.25) is 0 Å². The molecule has 2 aromatic rings. The maximum absolute atomic E-state index is 12.9. The van der Waals surface area contributed by atoms with E-state index in [0.717, 1.165) is 5.30 Å². The minimum Gasteiger partial charge on any atom is -0.727 e. The zero-order valence-corrected chi connectivity index (χ0v) is 21.8. The Bertz CT molecular complexity index is 1250. The third kappa shape index (κ3) is 8.15. The molecule has 0 aliphatic carbocycles. The fraction of sp³-hybridized carbons (Fsp3) is 0.333. The number of nitrogens with zero attached hydrogens (tertiary/aromatic N) is 5. The predicted octanol–water partition coefficient (Wildman–Crippen LogP) is 3.56. The number of carbonyl (C=O) groups excluding carboxylic acids is 2. The second-order valence-corrected chi connectivity index (χ2v) is 13.5. The van der Waals surface area contributed by atoms with E-state index in [2.05, 4.69) is 19.5 Å². The zero-order chi connectivity index (χ0) is 26.8. The average molecular weight is 567 g/mol. The number of azide groups is 1. The molecular formula is C21H21N5O8PS2-. The summed E-state index contributed by atoms with van der Waals surface area (Å²) in [5.41, 5.74) is 8.65. The fourth-order valence-corrected chi connectivity index (χ4v) is 6.51. The molecule has 0 bridgehead atoms. The van der Waals surface area contributed by atoms with Crippen molar-refractivity contribution in [2.45, 2.75) is 12.8 Å². The zero-order valence-electron chi connectivity index (χ0n) is 19.3. The van der Waals surface area contributed by atoms with E-state index in [9.17, 15) is 19.7 Å². The van der Waals surface area contributed by atoms with Gasteiger partial charge in [0.25, 0.3) is 5.09 Å². The van der Waals surface area contributed by atoms with Crippen LogP contribution < -0.4 is 14.8 Å². The molecule has 1 unspecified atom stereocenters. The van der Waals surface area contributed by atoms with E-state index in [4.69, 9.17) is 43.8 Å². The lowest BCUT2D eigenvalue weighted by Crippen LogP contribution is -2.35. The van der Waals surface area contributed by atoms with E-state index in [1.54, 1.807) is 24.3 Å². The molecule has 196 valence electrons. The molecule has 0 amide bonds. The maximum atomic E-state index is 12.9. The van der Waals surface area contributed by atoms with Gasteiger partial charge >= 0.3 is 11.9 Å². The summed E-state index contributed by atoms with van der Waals surface area (Å²) in [5.74, 6) is -1.55. The summed E-state index contributed by atoms with van der Waals surface area (Å²) in [5, 5.41) is 11.1. The molecule has 16 heteroatoms. The van der Waals surface area contributed by atoms with Crippen molar-refractivity contribution in [2.75, 3.05) is 32.9 Å². The maximum Gasteiger partial charge on any atom is 0.347 e. The first kappa shape index (κ1) is 28.4. The molecule has 37 heavy (non-hydrogen) atoms. The van der Waals surface area contributed by atoms with Crippen molar-refractivity contribution in [1.82, 2.24) is 4.67 Å². The molecule has 1 atom stereocenters. The second kappa shape index (κ2) is 13.4. The number of hydrogen-bond acceptors (Lipinski definition) is 11. The van der Waals surface area contributed by atoms with Gasteiger partial charge in [0.15, 0.2) is 0 Å². The number of carbonyl (C=O) groups is 2. The van der Waals surface area contributed by atoms with Crippen LogP contribution in [0, 0.1) is 10.1 Å². The molecule has 0 spiro atoms. The van der Waals surface area contributed by atoms with Gasteiger partial charge < -0.3 is 31.3 Å². The van der Waals surface area contributed by atoms with Gasteiger partial charge in [-0.15, -0.1) is 21.9 Å². The first-order chi connectivity index (χ1) is 17.7. The summed E-state index contributed by atoms with van der Waals surface area (Å²) in [6.45, 7) is 2.16. The Kier molecular flexibility index (Phi) is 10.3. The van der Waals surface area contributed by atoms with E-state index < -0.39 is 22.4 Å². The molecule has 0 saturated carbocycles. The Hall–Kier alpha value is -3.19. The van der Waals surface area contributed by atoms with Crippen molar-refractivity contribution in [2.24, 2.45) is 5.11 Å². The first-order valence-corrected chi connectivity index (χ1v) is 14.6. The molecule has 0 radical (unpaired) electrons. The van der Waals surface area contributed by atoms with Crippen molar-refractivity contribution < 1.29 is 33.7 Å². The molecule has 13 nitrogen and oxygen atoms in total. The summed E-state index contributed by atoms with van der Waals surface area (Å²) in [4.78, 5) is 42.1. The van der Waals surface area contributed by atoms with Crippen molar-refractivity contribution in [3.05, 3.63) is 68.6 Å². The van der Waals surface area contributed by atoms with Crippen LogP contribution in [0.15, 0.2) is 47.6 Å². The Morgan fingerprint density at radius 2 is 1.92 bits per heavy atom. The molecule has 0 N–H and O–H groups in total. The molecule has 1 aliphatic rings. The van der Waals surface area contributed by atoms with Crippen molar-refractivity contribution in [3.8, 4) is 11.5 Å². The van der Waals surface area contributed by atoms with Crippen molar-refractivity contribution in [3.63, 3.8) is 0 Å². The van der Waals surface area contributed by atoms with E-state index in [1.165, 1.54) is 18.2 Å². The lowest BCUT2D eigenvalue weighted by atomic mass is 10.1. The lowest BCUT2D eigenvalue weighted by Gasteiger charge is -2.43. The highest BCUT2D eigenvalue weighted by molar-refractivity contribution is 8.56. The van der Waals surface area contributed by atoms with Crippen LogP contribution in [0.25, 0.3) is 10.4 Å². The summed E-state index contributed by atoms with van der Waals surface area (Å²) in [6.07, 6.45) is -0.166. The van der Waals surface area contributed by atoms with Crippen LogP contribution in [0.5, 0.6) is 11.5 Å². The Balaban J connectivity index is 1.72. The van der Waals surface area contributed by atoms with Gasteiger partial charge in [0, 0.05) is 30.1 Å². The standard InChI is InChI=1S/C21H22N5O8PS2/c22-24-23-15-3-8-19(34-20(27)2-1-11-32-26(29)30)18(14-15)21(28)33-16-4-6-17(7-5-16)35(36,37)25-9-12-31-13-10-25/h3-8,14H,1-2,9-13H2,(H,36,37)/p-1. The van der Waals surface area contributed by atoms with Gasteiger partial charge in [-0.05, 0) is 47.6 Å². The number of morpholine rings is 1. The van der Waals surface area contributed by atoms with Crippen LogP contribution in [-0.2, 0) is 38.4 Å². The third-order valence-electron chi connectivity index (χ3n) is 5.02. The van der Waals surface area contributed by atoms with Crippen LogP contribution in [0.4, 0.5) is 5.69 Å². The van der Waals surface area contributed by atoms with Gasteiger partial charge in [0.1, 0.15) is 17.1 Å².